The monoisotopic (exact) mass is 390 g/mol. The number of hydrogen-bond acceptors (Lipinski definition) is 6. The molecule has 2 aromatic heterocycles. The standard InChI is InChI=1S/C18H15FN2O3S2/c1-21(8-12-2-4-14(19)5-3-12)16(22)9-24-18(23)15-11-26-17(20-15)13-6-7-25-10-13/h2-7,10-11H,8-9H2,1H3. The molecular formula is C18H15FN2O3S2. The van der Waals surface area contributed by atoms with Crippen molar-refractivity contribution < 1.29 is 18.7 Å². The quantitative estimate of drug-likeness (QED) is 0.600. The number of benzene rings is 1. The molecule has 0 fully saturated rings. The number of aromatic nitrogens is 1. The first kappa shape index (κ1) is 18.2. The number of likely N-dealkylation sites (N-methyl/N-ethyl adjacent to an activating group) is 1. The summed E-state index contributed by atoms with van der Waals surface area (Å²) in [4.78, 5) is 29.8. The summed E-state index contributed by atoms with van der Waals surface area (Å²) in [6.07, 6.45) is 0. The SMILES string of the molecule is CN(Cc1ccc(F)cc1)C(=O)COC(=O)c1csc(-c2ccsc2)n1. The number of carbonyl (C=O) groups is 2. The highest BCUT2D eigenvalue weighted by atomic mass is 32.1. The van der Waals surface area contributed by atoms with Crippen molar-refractivity contribution in [1.82, 2.24) is 9.88 Å². The Kier molecular flexibility index (Phi) is 5.75. The number of rotatable bonds is 6. The third kappa shape index (κ3) is 4.53. The van der Waals surface area contributed by atoms with E-state index in [4.69, 9.17) is 4.74 Å². The van der Waals surface area contributed by atoms with Crippen LogP contribution in [0.2, 0.25) is 0 Å². The van der Waals surface area contributed by atoms with Crippen molar-refractivity contribution in [3.05, 3.63) is 63.5 Å². The second kappa shape index (κ2) is 8.20. The second-order valence-corrected chi connectivity index (χ2v) is 7.14. The Morgan fingerprint density at radius 2 is 1.96 bits per heavy atom. The molecule has 1 aromatic carbocycles. The Labute approximate surface area is 157 Å². The molecule has 5 nitrogen and oxygen atoms in total. The van der Waals surface area contributed by atoms with E-state index in [0.717, 1.165) is 16.1 Å². The molecule has 0 bridgehead atoms. The van der Waals surface area contributed by atoms with Crippen molar-refractivity contribution in [2.75, 3.05) is 13.7 Å². The fourth-order valence-corrected chi connectivity index (χ4v) is 3.65. The number of esters is 1. The fraction of sp³-hybridized carbons (Fsp3) is 0.167. The number of amides is 1. The summed E-state index contributed by atoms with van der Waals surface area (Å²) in [5, 5.41) is 6.23. The van der Waals surface area contributed by atoms with E-state index in [1.165, 1.54) is 28.4 Å². The summed E-state index contributed by atoms with van der Waals surface area (Å²) in [5.74, 6) is -1.32. The molecular weight excluding hydrogens is 375 g/mol. The van der Waals surface area contributed by atoms with E-state index in [2.05, 4.69) is 4.98 Å². The number of carbonyl (C=O) groups excluding carboxylic acids is 2. The van der Waals surface area contributed by atoms with Crippen molar-refractivity contribution in [2.45, 2.75) is 6.54 Å². The summed E-state index contributed by atoms with van der Waals surface area (Å²) in [6.45, 7) is -0.0719. The molecule has 8 heteroatoms. The molecule has 0 atom stereocenters. The van der Waals surface area contributed by atoms with Crippen molar-refractivity contribution in [3.8, 4) is 10.6 Å². The Hall–Kier alpha value is -2.58. The normalized spacial score (nSPS) is 10.5. The Balaban J connectivity index is 1.52. The van der Waals surface area contributed by atoms with E-state index in [1.54, 1.807) is 35.9 Å². The first-order valence-electron chi connectivity index (χ1n) is 7.66. The fourth-order valence-electron chi connectivity index (χ4n) is 2.15. The molecule has 0 saturated carbocycles. The van der Waals surface area contributed by atoms with Gasteiger partial charge in [-0.25, -0.2) is 14.2 Å². The molecule has 3 aromatic rings. The molecule has 0 N–H and O–H groups in total. The van der Waals surface area contributed by atoms with Crippen LogP contribution in [0.4, 0.5) is 4.39 Å². The zero-order valence-electron chi connectivity index (χ0n) is 13.8. The van der Waals surface area contributed by atoms with Gasteiger partial charge in [-0.15, -0.1) is 11.3 Å². The average molecular weight is 390 g/mol. The number of thiazole rings is 1. The van der Waals surface area contributed by atoms with Crippen LogP contribution in [-0.4, -0.2) is 35.4 Å². The Bertz CT molecular complexity index is 892. The molecule has 0 spiro atoms. The molecule has 0 aliphatic carbocycles. The lowest BCUT2D eigenvalue weighted by atomic mass is 10.2. The van der Waals surface area contributed by atoms with Crippen molar-refractivity contribution >= 4 is 34.6 Å². The van der Waals surface area contributed by atoms with Gasteiger partial charge in [0.05, 0.1) is 0 Å². The molecule has 0 unspecified atom stereocenters. The summed E-state index contributed by atoms with van der Waals surface area (Å²) in [6, 6.07) is 7.80. The van der Waals surface area contributed by atoms with E-state index in [0.29, 0.717) is 6.54 Å². The number of ether oxygens (including phenoxy) is 1. The van der Waals surface area contributed by atoms with Gasteiger partial charge in [-0.2, -0.15) is 11.3 Å². The highest BCUT2D eigenvalue weighted by Gasteiger charge is 2.17. The minimum atomic E-state index is -0.633. The molecule has 0 aliphatic rings. The van der Waals surface area contributed by atoms with Crippen LogP contribution in [0.25, 0.3) is 10.6 Å². The first-order valence-corrected chi connectivity index (χ1v) is 9.49. The van der Waals surface area contributed by atoms with Gasteiger partial charge in [0.15, 0.2) is 12.3 Å². The maximum Gasteiger partial charge on any atom is 0.358 e. The summed E-state index contributed by atoms with van der Waals surface area (Å²) >= 11 is 2.90. The van der Waals surface area contributed by atoms with Crippen LogP contribution in [0.3, 0.4) is 0 Å². The number of halogens is 1. The Morgan fingerprint density at radius 1 is 1.19 bits per heavy atom. The third-order valence-electron chi connectivity index (χ3n) is 3.57. The second-order valence-electron chi connectivity index (χ2n) is 5.50. The van der Waals surface area contributed by atoms with Gasteiger partial charge in [0.1, 0.15) is 10.8 Å². The lowest BCUT2D eigenvalue weighted by molar-refractivity contribution is -0.133. The van der Waals surface area contributed by atoms with Gasteiger partial charge < -0.3 is 9.64 Å². The largest absolute Gasteiger partial charge is 0.451 e. The van der Waals surface area contributed by atoms with E-state index < -0.39 is 5.97 Å². The van der Waals surface area contributed by atoms with Crippen LogP contribution in [-0.2, 0) is 16.1 Å². The van der Waals surface area contributed by atoms with Gasteiger partial charge >= 0.3 is 5.97 Å². The van der Waals surface area contributed by atoms with E-state index in [1.807, 2.05) is 16.8 Å². The highest BCUT2D eigenvalue weighted by molar-refractivity contribution is 7.14. The van der Waals surface area contributed by atoms with Gasteiger partial charge in [0.2, 0.25) is 0 Å². The molecule has 134 valence electrons. The predicted octanol–water partition coefficient (Wildman–Crippen LogP) is 3.83. The maximum atomic E-state index is 12.9. The van der Waals surface area contributed by atoms with Gasteiger partial charge in [-0.3, -0.25) is 4.79 Å². The topological polar surface area (TPSA) is 59.5 Å². The smallest absolute Gasteiger partial charge is 0.358 e. The maximum absolute atomic E-state index is 12.9. The molecule has 1 amide bonds. The first-order chi connectivity index (χ1) is 12.5. The zero-order chi connectivity index (χ0) is 18.5. The molecule has 0 aliphatic heterocycles. The molecule has 2 heterocycles. The minimum Gasteiger partial charge on any atom is -0.451 e. The van der Waals surface area contributed by atoms with Crippen molar-refractivity contribution in [2.24, 2.45) is 0 Å². The molecule has 0 radical (unpaired) electrons. The van der Waals surface area contributed by atoms with E-state index in [9.17, 15) is 14.0 Å². The molecule has 26 heavy (non-hydrogen) atoms. The summed E-state index contributed by atoms with van der Waals surface area (Å²) in [7, 11) is 1.59. The van der Waals surface area contributed by atoms with Crippen LogP contribution in [0.1, 0.15) is 16.1 Å². The Morgan fingerprint density at radius 3 is 2.65 bits per heavy atom. The van der Waals surface area contributed by atoms with E-state index >= 15 is 0 Å². The zero-order valence-corrected chi connectivity index (χ0v) is 15.5. The lowest BCUT2D eigenvalue weighted by Crippen LogP contribution is -2.30. The van der Waals surface area contributed by atoms with E-state index in [-0.39, 0.29) is 24.0 Å². The van der Waals surface area contributed by atoms with Crippen LogP contribution < -0.4 is 0 Å². The number of hydrogen-bond donors (Lipinski definition) is 0. The van der Waals surface area contributed by atoms with Crippen LogP contribution >= 0.6 is 22.7 Å². The summed E-state index contributed by atoms with van der Waals surface area (Å²) < 4.78 is 18.0. The third-order valence-corrected chi connectivity index (χ3v) is 5.14. The lowest BCUT2D eigenvalue weighted by Gasteiger charge is -2.17. The van der Waals surface area contributed by atoms with Crippen LogP contribution in [0.5, 0.6) is 0 Å². The molecule has 0 saturated heterocycles. The molecule has 3 rings (SSSR count). The highest BCUT2D eigenvalue weighted by Crippen LogP contribution is 2.25. The number of thiophene rings is 1. The minimum absolute atomic E-state index is 0.185. The van der Waals surface area contributed by atoms with Crippen LogP contribution in [0, 0.1) is 5.82 Å². The van der Waals surface area contributed by atoms with Gasteiger partial charge in [0, 0.05) is 29.9 Å². The van der Waals surface area contributed by atoms with Crippen LogP contribution in [0.15, 0.2) is 46.5 Å². The van der Waals surface area contributed by atoms with Gasteiger partial charge in [-0.1, -0.05) is 12.1 Å². The van der Waals surface area contributed by atoms with Gasteiger partial charge in [0.25, 0.3) is 5.91 Å². The van der Waals surface area contributed by atoms with Gasteiger partial charge in [-0.05, 0) is 29.1 Å². The van der Waals surface area contributed by atoms with Crippen molar-refractivity contribution in [1.29, 1.82) is 0 Å². The summed E-state index contributed by atoms with van der Waals surface area (Å²) in [5.41, 5.74) is 1.92. The number of nitrogens with zero attached hydrogens (tertiary/aromatic N) is 2. The van der Waals surface area contributed by atoms with Crippen molar-refractivity contribution in [3.63, 3.8) is 0 Å². The predicted molar refractivity (Wildman–Crippen MR) is 98.6 cm³/mol. The average Bonchev–Trinajstić information content (AvgIpc) is 3.32.